The lowest BCUT2D eigenvalue weighted by Gasteiger charge is -2.26. The highest BCUT2D eigenvalue weighted by Crippen LogP contribution is 2.19. The van der Waals surface area contributed by atoms with Crippen molar-refractivity contribution in [2.75, 3.05) is 18.2 Å². The lowest BCUT2D eigenvalue weighted by molar-refractivity contribution is 0.261. The average Bonchev–Trinajstić information content (AvgIpc) is 2.16. The van der Waals surface area contributed by atoms with Gasteiger partial charge in [-0.3, -0.25) is 0 Å². The Bertz CT molecular complexity index is 463. The third-order valence-electron chi connectivity index (χ3n) is 2.50. The molecule has 0 saturated heterocycles. The monoisotopic (exact) mass is 257 g/mol. The molecule has 0 fully saturated rings. The van der Waals surface area contributed by atoms with Crippen molar-refractivity contribution in [3.8, 4) is 0 Å². The van der Waals surface area contributed by atoms with Crippen LogP contribution in [0.15, 0.2) is 29.2 Å². The molecule has 0 spiro atoms. The summed E-state index contributed by atoms with van der Waals surface area (Å²) in [6.45, 7) is 4.07. The van der Waals surface area contributed by atoms with Crippen molar-refractivity contribution in [2.24, 2.45) is 0 Å². The molecule has 0 aliphatic carbocycles. The van der Waals surface area contributed by atoms with Crippen molar-refractivity contribution in [1.82, 2.24) is 0 Å². The Kier molecular flexibility index (Phi) is 4.16. The first-order valence-corrected chi connectivity index (χ1v) is 7.33. The Hall–Kier alpha value is -1.07. The van der Waals surface area contributed by atoms with Gasteiger partial charge in [0.05, 0.1) is 4.90 Å². The van der Waals surface area contributed by atoms with Crippen LogP contribution in [0.4, 0.5) is 5.69 Å². The van der Waals surface area contributed by atoms with Gasteiger partial charge in [0.2, 0.25) is 0 Å². The molecule has 0 heterocycles. The lowest BCUT2D eigenvalue weighted by atomic mass is 10.0. The van der Waals surface area contributed by atoms with Crippen LogP contribution >= 0.6 is 0 Å². The van der Waals surface area contributed by atoms with Gasteiger partial charge >= 0.3 is 0 Å². The summed E-state index contributed by atoms with van der Waals surface area (Å²) in [6, 6.07) is 6.62. The van der Waals surface area contributed by atoms with Gasteiger partial charge in [-0.1, -0.05) is 0 Å². The van der Waals surface area contributed by atoms with Crippen LogP contribution in [0.25, 0.3) is 0 Å². The Morgan fingerprint density at radius 3 is 2.18 bits per heavy atom. The Morgan fingerprint density at radius 1 is 1.24 bits per heavy atom. The SMILES string of the molecule is CC(C)(CCO)Nc1ccc(S(C)(=O)=O)cc1. The second-order valence-corrected chi connectivity index (χ2v) is 6.79. The molecule has 0 saturated carbocycles. The predicted molar refractivity (Wildman–Crippen MR) is 69.0 cm³/mol. The Balaban J connectivity index is 2.82. The van der Waals surface area contributed by atoms with Gasteiger partial charge in [0, 0.05) is 24.1 Å². The molecule has 0 aromatic heterocycles. The van der Waals surface area contributed by atoms with Crippen LogP contribution in [0.5, 0.6) is 0 Å². The third kappa shape index (κ3) is 4.36. The van der Waals surface area contributed by atoms with E-state index in [1.54, 1.807) is 24.3 Å². The molecule has 1 rings (SSSR count). The normalized spacial score (nSPS) is 12.5. The maximum absolute atomic E-state index is 11.3. The summed E-state index contributed by atoms with van der Waals surface area (Å²) in [6.07, 6.45) is 1.81. The van der Waals surface area contributed by atoms with Gasteiger partial charge < -0.3 is 10.4 Å². The number of aliphatic hydroxyl groups is 1. The van der Waals surface area contributed by atoms with E-state index in [2.05, 4.69) is 5.32 Å². The number of aliphatic hydroxyl groups excluding tert-OH is 1. The molecular weight excluding hydrogens is 238 g/mol. The summed E-state index contributed by atoms with van der Waals surface area (Å²) in [5.74, 6) is 0. The van der Waals surface area contributed by atoms with Crippen LogP contribution in [0.3, 0.4) is 0 Å². The third-order valence-corrected chi connectivity index (χ3v) is 3.63. The van der Waals surface area contributed by atoms with E-state index in [9.17, 15) is 8.42 Å². The maximum Gasteiger partial charge on any atom is 0.175 e. The van der Waals surface area contributed by atoms with Crippen molar-refractivity contribution in [3.63, 3.8) is 0 Å². The highest BCUT2D eigenvalue weighted by molar-refractivity contribution is 7.90. The first-order chi connectivity index (χ1) is 7.74. The van der Waals surface area contributed by atoms with E-state index in [1.165, 1.54) is 6.26 Å². The maximum atomic E-state index is 11.3. The van der Waals surface area contributed by atoms with Crippen LogP contribution in [0, 0.1) is 0 Å². The molecule has 1 aromatic carbocycles. The van der Waals surface area contributed by atoms with Crippen molar-refractivity contribution >= 4 is 15.5 Å². The first-order valence-electron chi connectivity index (χ1n) is 5.44. The molecule has 0 aliphatic heterocycles. The fourth-order valence-electron chi connectivity index (χ4n) is 1.52. The van der Waals surface area contributed by atoms with Gasteiger partial charge in [-0.2, -0.15) is 0 Å². The minimum Gasteiger partial charge on any atom is -0.396 e. The highest BCUT2D eigenvalue weighted by Gasteiger charge is 2.16. The van der Waals surface area contributed by atoms with Crippen LogP contribution in [0.1, 0.15) is 20.3 Å². The van der Waals surface area contributed by atoms with Gasteiger partial charge in [0.1, 0.15) is 0 Å². The molecule has 0 atom stereocenters. The smallest absolute Gasteiger partial charge is 0.175 e. The lowest BCUT2D eigenvalue weighted by Crippen LogP contribution is -2.31. The first kappa shape index (κ1) is 14.0. The van der Waals surface area contributed by atoms with E-state index >= 15 is 0 Å². The van der Waals surface area contributed by atoms with Crippen LogP contribution in [0.2, 0.25) is 0 Å². The number of nitrogens with one attached hydrogen (secondary N) is 1. The zero-order valence-electron chi connectivity index (χ0n) is 10.4. The molecule has 1 aromatic rings. The summed E-state index contributed by atoms with van der Waals surface area (Å²) >= 11 is 0. The zero-order chi connectivity index (χ0) is 13.1. The van der Waals surface area contributed by atoms with Gasteiger partial charge in [0.25, 0.3) is 0 Å². The molecule has 96 valence electrons. The predicted octanol–water partition coefficient (Wildman–Crippen LogP) is 1.66. The largest absolute Gasteiger partial charge is 0.396 e. The van der Waals surface area contributed by atoms with E-state index < -0.39 is 9.84 Å². The summed E-state index contributed by atoms with van der Waals surface area (Å²) in [5, 5.41) is 12.2. The topological polar surface area (TPSA) is 66.4 Å². The molecule has 2 N–H and O–H groups in total. The van der Waals surface area contributed by atoms with Crippen LogP contribution < -0.4 is 5.32 Å². The summed E-state index contributed by atoms with van der Waals surface area (Å²) < 4.78 is 22.6. The quantitative estimate of drug-likeness (QED) is 0.842. The summed E-state index contributed by atoms with van der Waals surface area (Å²) in [7, 11) is -3.14. The van der Waals surface area contributed by atoms with Gasteiger partial charge in [-0.15, -0.1) is 0 Å². The number of hydrogen-bond acceptors (Lipinski definition) is 4. The molecule has 4 nitrogen and oxygen atoms in total. The van der Waals surface area contributed by atoms with E-state index in [1.807, 2.05) is 13.8 Å². The minimum absolute atomic E-state index is 0.113. The van der Waals surface area contributed by atoms with E-state index in [0.717, 1.165) is 5.69 Å². The molecule has 0 radical (unpaired) electrons. The van der Waals surface area contributed by atoms with Gasteiger partial charge in [0.15, 0.2) is 9.84 Å². The van der Waals surface area contributed by atoms with Crippen LogP contribution in [-0.2, 0) is 9.84 Å². The van der Waals surface area contributed by atoms with E-state index in [-0.39, 0.29) is 12.1 Å². The average molecular weight is 257 g/mol. The highest BCUT2D eigenvalue weighted by atomic mass is 32.2. The molecular formula is C12H19NO3S. The Morgan fingerprint density at radius 2 is 1.76 bits per heavy atom. The number of hydrogen-bond donors (Lipinski definition) is 2. The fourth-order valence-corrected chi connectivity index (χ4v) is 2.15. The number of anilines is 1. The van der Waals surface area contributed by atoms with Crippen molar-refractivity contribution in [1.29, 1.82) is 0 Å². The molecule has 0 unspecified atom stereocenters. The molecule has 0 bridgehead atoms. The fraction of sp³-hybridized carbons (Fsp3) is 0.500. The zero-order valence-corrected chi connectivity index (χ0v) is 11.2. The second kappa shape index (κ2) is 5.06. The van der Waals surface area contributed by atoms with Crippen molar-refractivity contribution < 1.29 is 13.5 Å². The Labute approximate surface area is 103 Å². The molecule has 0 aliphatic rings. The molecule has 5 heteroatoms. The number of benzene rings is 1. The number of sulfone groups is 1. The van der Waals surface area contributed by atoms with E-state index in [4.69, 9.17) is 5.11 Å². The van der Waals surface area contributed by atoms with Crippen molar-refractivity contribution in [2.45, 2.75) is 30.7 Å². The summed E-state index contributed by atoms with van der Waals surface area (Å²) in [5.41, 5.74) is 0.623. The number of rotatable bonds is 5. The van der Waals surface area contributed by atoms with E-state index in [0.29, 0.717) is 11.3 Å². The van der Waals surface area contributed by atoms with Gasteiger partial charge in [-0.05, 0) is 44.5 Å². The van der Waals surface area contributed by atoms with Gasteiger partial charge in [-0.25, -0.2) is 8.42 Å². The second-order valence-electron chi connectivity index (χ2n) is 4.78. The standard InChI is InChI=1S/C12H19NO3S/c1-12(2,8-9-14)13-10-4-6-11(7-5-10)17(3,15)16/h4-7,13-14H,8-9H2,1-3H3. The van der Waals surface area contributed by atoms with Crippen LogP contribution in [-0.4, -0.2) is 31.9 Å². The molecule has 17 heavy (non-hydrogen) atoms. The van der Waals surface area contributed by atoms with Crippen molar-refractivity contribution in [3.05, 3.63) is 24.3 Å². The summed E-state index contributed by atoms with van der Waals surface area (Å²) in [4.78, 5) is 0.308. The minimum atomic E-state index is -3.14. The molecule has 0 amide bonds.